The van der Waals surface area contributed by atoms with Gasteiger partial charge in [-0.05, 0) is 54.4 Å². The van der Waals surface area contributed by atoms with E-state index in [4.69, 9.17) is 21.5 Å². The second-order valence-electron chi connectivity index (χ2n) is 4.12. The minimum Gasteiger partial charge on any atom is -0.489 e. The molecule has 0 unspecified atom stereocenters. The molecule has 1 N–H and O–H groups in total. The first-order valence-corrected chi connectivity index (χ1v) is 6.23. The molecular weight excluding hydrogens is 262 g/mol. The lowest BCUT2D eigenvalue weighted by molar-refractivity contribution is 0.306. The monoisotopic (exact) mass is 275 g/mol. The Bertz CT molecular complexity index is 562. The minimum absolute atomic E-state index is 0.490. The van der Waals surface area contributed by atoms with Gasteiger partial charge in [-0.1, -0.05) is 28.9 Å². The smallest absolute Gasteiger partial charge is 0.119 e. The van der Waals surface area contributed by atoms with Crippen LogP contribution in [0.15, 0.2) is 53.7 Å². The Morgan fingerprint density at radius 1 is 1.11 bits per heavy atom. The van der Waals surface area contributed by atoms with Gasteiger partial charge in [0.15, 0.2) is 0 Å². The zero-order chi connectivity index (χ0) is 13.7. The van der Waals surface area contributed by atoms with Crippen LogP contribution in [0.3, 0.4) is 0 Å². The summed E-state index contributed by atoms with van der Waals surface area (Å²) in [4.78, 5) is 0. The zero-order valence-corrected chi connectivity index (χ0v) is 11.3. The van der Waals surface area contributed by atoms with E-state index in [0.717, 1.165) is 16.9 Å². The molecule has 19 heavy (non-hydrogen) atoms. The van der Waals surface area contributed by atoms with Gasteiger partial charge in [-0.3, -0.25) is 0 Å². The number of benzene rings is 2. The van der Waals surface area contributed by atoms with Crippen LogP contribution in [0.25, 0.3) is 0 Å². The predicted octanol–water partition coefficient (Wildman–Crippen LogP) is 4.12. The number of halogens is 1. The van der Waals surface area contributed by atoms with Crippen molar-refractivity contribution in [3.05, 3.63) is 64.7 Å². The Morgan fingerprint density at radius 2 is 1.74 bits per heavy atom. The maximum absolute atomic E-state index is 8.68. The van der Waals surface area contributed by atoms with E-state index in [1.807, 2.05) is 48.5 Å². The third-order valence-corrected chi connectivity index (χ3v) is 2.99. The Balaban J connectivity index is 1.98. The minimum atomic E-state index is 0.490. The van der Waals surface area contributed by atoms with Crippen molar-refractivity contribution < 1.29 is 9.94 Å². The molecule has 0 aliphatic carbocycles. The maximum Gasteiger partial charge on any atom is 0.119 e. The predicted molar refractivity (Wildman–Crippen MR) is 76.2 cm³/mol. The molecule has 2 aromatic carbocycles. The maximum atomic E-state index is 8.68. The van der Waals surface area contributed by atoms with Gasteiger partial charge >= 0.3 is 0 Å². The number of rotatable bonds is 4. The Hall–Kier alpha value is -2.00. The van der Waals surface area contributed by atoms with Crippen LogP contribution in [0.5, 0.6) is 5.75 Å². The summed E-state index contributed by atoms with van der Waals surface area (Å²) in [5.41, 5.74) is 2.49. The molecule has 2 aromatic rings. The van der Waals surface area contributed by atoms with Crippen molar-refractivity contribution in [3.8, 4) is 5.75 Å². The van der Waals surface area contributed by atoms with Crippen LogP contribution in [-0.2, 0) is 6.61 Å². The molecule has 0 aliphatic heterocycles. The lowest BCUT2D eigenvalue weighted by Gasteiger charge is -2.07. The van der Waals surface area contributed by atoms with E-state index >= 15 is 0 Å². The molecule has 2 rings (SSSR count). The highest BCUT2D eigenvalue weighted by molar-refractivity contribution is 6.30. The lowest BCUT2D eigenvalue weighted by Crippen LogP contribution is -1.97. The summed E-state index contributed by atoms with van der Waals surface area (Å²) in [5.74, 6) is 0.768. The van der Waals surface area contributed by atoms with E-state index in [1.54, 1.807) is 6.92 Å². The van der Waals surface area contributed by atoms with E-state index in [2.05, 4.69) is 5.16 Å². The van der Waals surface area contributed by atoms with Gasteiger partial charge in [0.2, 0.25) is 0 Å². The molecular formula is C15H14ClNO2. The van der Waals surface area contributed by atoms with Gasteiger partial charge < -0.3 is 9.94 Å². The van der Waals surface area contributed by atoms with E-state index in [1.165, 1.54) is 0 Å². The molecule has 0 aliphatic rings. The van der Waals surface area contributed by atoms with Crippen molar-refractivity contribution >= 4 is 17.3 Å². The molecule has 0 radical (unpaired) electrons. The van der Waals surface area contributed by atoms with Crippen molar-refractivity contribution in [2.75, 3.05) is 0 Å². The summed E-state index contributed by atoms with van der Waals surface area (Å²) < 4.78 is 5.65. The van der Waals surface area contributed by atoms with Gasteiger partial charge in [0.05, 0.1) is 5.71 Å². The molecule has 0 spiro atoms. The fraction of sp³-hybridized carbons (Fsp3) is 0.133. The highest BCUT2D eigenvalue weighted by Crippen LogP contribution is 2.16. The van der Waals surface area contributed by atoms with Crippen LogP contribution in [-0.4, -0.2) is 10.9 Å². The van der Waals surface area contributed by atoms with Crippen molar-refractivity contribution in [2.24, 2.45) is 5.16 Å². The molecule has 0 fully saturated rings. The van der Waals surface area contributed by atoms with E-state index in [0.29, 0.717) is 17.3 Å². The van der Waals surface area contributed by atoms with Crippen LogP contribution in [0.4, 0.5) is 0 Å². The second-order valence-corrected chi connectivity index (χ2v) is 4.56. The van der Waals surface area contributed by atoms with Crippen molar-refractivity contribution in [3.63, 3.8) is 0 Å². The van der Waals surface area contributed by atoms with Gasteiger partial charge in [0, 0.05) is 5.02 Å². The Morgan fingerprint density at radius 3 is 2.32 bits per heavy atom. The number of nitrogens with zero attached hydrogens (tertiary/aromatic N) is 1. The number of hydrogen-bond donors (Lipinski definition) is 1. The van der Waals surface area contributed by atoms with E-state index < -0.39 is 0 Å². The van der Waals surface area contributed by atoms with Gasteiger partial charge in [-0.2, -0.15) is 0 Å². The quantitative estimate of drug-likeness (QED) is 0.518. The molecule has 98 valence electrons. The summed E-state index contributed by atoms with van der Waals surface area (Å²) in [5, 5.41) is 12.5. The van der Waals surface area contributed by atoms with E-state index in [9.17, 15) is 0 Å². The highest BCUT2D eigenvalue weighted by Gasteiger charge is 2.00. The third-order valence-electron chi connectivity index (χ3n) is 2.74. The lowest BCUT2D eigenvalue weighted by atomic mass is 10.1. The van der Waals surface area contributed by atoms with Crippen LogP contribution >= 0.6 is 11.6 Å². The summed E-state index contributed by atoms with van der Waals surface area (Å²) in [6.45, 7) is 2.23. The van der Waals surface area contributed by atoms with Crippen LogP contribution in [0, 0.1) is 0 Å². The second kappa shape index (κ2) is 6.25. The summed E-state index contributed by atoms with van der Waals surface area (Å²) in [6.07, 6.45) is 0. The van der Waals surface area contributed by atoms with Crippen molar-refractivity contribution in [1.29, 1.82) is 0 Å². The molecule has 0 saturated carbocycles. The van der Waals surface area contributed by atoms with Gasteiger partial charge in [-0.15, -0.1) is 0 Å². The highest BCUT2D eigenvalue weighted by atomic mass is 35.5. The van der Waals surface area contributed by atoms with Gasteiger partial charge in [0.25, 0.3) is 0 Å². The molecule has 3 nitrogen and oxygen atoms in total. The third kappa shape index (κ3) is 3.73. The first-order valence-electron chi connectivity index (χ1n) is 5.85. The van der Waals surface area contributed by atoms with Crippen LogP contribution in [0.1, 0.15) is 18.1 Å². The molecule has 0 amide bonds. The van der Waals surface area contributed by atoms with Crippen molar-refractivity contribution in [2.45, 2.75) is 13.5 Å². The van der Waals surface area contributed by atoms with Crippen LogP contribution < -0.4 is 4.74 Å². The molecule has 0 saturated heterocycles. The first-order chi connectivity index (χ1) is 9.19. The average molecular weight is 276 g/mol. The topological polar surface area (TPSA) is 41.8 Å². The van der Waals surface area contributed by atoms with Gasteiger partial charge in [-0.25, -0.2) is 0 Å². The molecule has 0 bridgehead atoms. The molecule has 0 atom stereocenters. The standard InChI is InChI=1S/C15H14ClNO2/c1-11(17-18)13-4-8-15(9-5-13)19-10-12-2-6-14(16)7-3-12/h2-9,18H,10H2,1H3/b17-11+. The fourth-order valence-electron chi connectivity index (χ4n) is 1.60. The number of hydrogen-bond acceptors (Lipinski definition) is 3. The molecule has 0 aromatic heterocycles. The Labute approximate surface area is 117 Å². The Kier molecular flexibility index (Phi) is 4.42. The normalized spacial score (nSPS) is 11.4. The zero-order valence-electron chi connectivity index (χ0n) is 10.5. The fourth-order valence-corrected chi connectivity index (χ4v) is 1.72. The first kappa shape index (κ1) is 13.4. The van der Waals surface area contributed by atoms with Crippen molar-refractivity contribution in [1.82, 2.24) is 0 Å². The molecule has 4 heteroatoms. The summed E-state index contributed by atoms with van der Waals surface area (Å²) >= 11 is 5.82. The van der Waals surface area contributed by atoms with Gasteiger partial charge in [0.1, 0.15) is 12.4 Å². The largest absolute Gasteiger partial charge is 0.489 e. The molecule has 0 heterocycles. The van der Waals surface area contributed by atoms with E-state index in [-0.39, 0.29) is 0 Å². The average Bonchev–Trinajstić information content (AvgIpc) is 2.46. The SMILES string of the molecule is C/C(=N\O)c1ccc(OCc2ccc(Cl)cc2)cc1. The summed E-state index contributed by atoms with van der Waals surface area (Å²) in [7, 11) is 0. The summed E-state index contributed by atoms with van der Waals surface area (Å²) in [6, 6.07) is 14.9. The number of ether oxygens (including phenoxy) is 1. The number of oxime groups is 1. The van der Waals surface area contributed by atoms with Crippen LogP contribution in [0.2, 0.25) is 5.02 Å².